The number of nitrogens with zero attached hydrogens (tertiary/aromatic N) is 2. The molecule has 0 saturated carbocycles. The smallest absolute Gasteiger partial charge is 0.332 e. The number of rotatable bonds is 2. The number of hydrogen-bond donors (Lipinski definition) is 6. The molecule has 1 saturated heterocycles. The van der Waals surface area contributed by atoms with Crippen LogP contribution >= 0.6 is 8.53 Å². The fraction of sp³-hybridized carbons (Fsp3) is 0.600. The van der Waals surface area contributed by atoms with Gasteiger partial charge in [0.05, 0.1) is 6.61 Å². The van der Waals surface area contributed by atoms with E-state index in [0.717, 1.165) is 15.2 Å². The first-order valence-corrected chi connectivity index (χ1v) is 7.35. The molecule has 0 amide bonds. The van der Waals surface area contributed by atoms with Gasteiger partial charge in [-0.1, -0.05) is 0 Å². The van der Waals surface area contributed by atoms with E-state index in [2.05, 4.69) is 5.50 Å². The molecule has 1 aliphatic heterocycles. The standard InChI is InChI=1S/C10H14N2O6.H4NO2P/c1-11-6(14)2-3-12(10(11)17)9-8(16)7(15)5(4-13)18-9;1-4(2)3/h2-3,5,7-9,13,15-16H,4H2,1H3;2-3H,1H2/t5-,7-,8-,9-;/m1./s1. The second-order valence-corrected chi connectivity index (χ2v) is 5.09. The summed E-state index contributed by atoms with van der Waals surface area (Å²) in [5, 5.41) is 28.3. The highest BCUT2D eigenvalue weighted by Gasteiger charge is 2.43. The Bertz CT molecular complexity index is 600. The van der Waals surface area contributed by atoms with Gasteiger partial charge in [-0.05, 0) is 0 Å². The molecule has 1 aromatic heterocycles. The van der Waals surface area contributed by atoms with E-state index in [1.165, 1.54) is 13.2 Å². The number of aliphatic hydroxyl groups excluding tert-OH is 3. The van der Waals surface area contributed by atoms with Gasteiger partial charge in [-0.25, -0.2) is 4.79 Å². The van der Waals surface area contributed by atoms with Crippen molar-refractivity contribution < 1.29 is 29.8 Å². The zero-order valence-electron chi connectivity index (χ0n) is 11.6. The molecule has 0 unspecified atom stereocenters. The van der Waals surface area contributed by atoms with Crippen molar-refractivity contribution in [3.8, 4) is 0 Å². The van der Waals surface area contributed by atoms with E-state index in [1.54, 1.807) is 0 Å². The fourth-order valence-corrected chi connectivity index (χ4v) is 1.89. The Kier molecular flexibility index (Phi) is 6.78. The van der Waals surface area contributed by atoms with E-state index >= 15 is 0 Å². The number of aliphatic hydroxyl groups is 3. The molecule has 7 N–H and O–H groups in total. The maximum absolute atomic E-state index is 11.8. The highest BCUT2D eigenvalue weighted by Crippen LogP contribution is 2.27. The molecule has 12 heteroatoms. The Morgan fingerprint density at radius 1 is 1.32 bits per heavy atom. The van der Waals surface area contributed by atoms with Crippen LogP contribution in [0.3, 0.4) is 0 Å². The summed E-state index contributed by atoms with van der Waals surface area (Å²) >= 11 is 0. The molecule has 126 valence electrons. The summed E-state index contributed by atoms with van der Waals surface area (Å²) < 4.78 is 7.06. The maximum Gasteiger partial charge on any atom is 0.332 e. The van der Waals surface area contributed by atoms with Gasteiger partial charge in [0.1, 0.15) is 18.3 Å². The minimum absolute atomic E-state index is 0.477. The van der Waals surface area contributed by atoms with Crippen molar-refractivity contribution in [2.24, 2.45) is 12.6 Å². The van der Waals surface area contributed by atoms with Gasteiger partial charge in [-0.15, -0.1) is 0 Å². The molecular weight excluding hydrogens is 321 g/mol. The van der Waals surface area contributed by atoms with Crippen LogP contribution in [0.15, 0.2) is 21.9 Å². The molecule has 11 nitrogen and oxygen atoms in total. The predicted octanol–water partition coefficient (Wildman–Crippen LogP) is -3.68. The second kappa shape index (κ2) is 7.90. The lowest BCUT2D eigenvalue weighted by Gasteiger charge is -2.17. The summed E-state index contributed by atoms with van der Waals surface area (Å²) in [5.74, 6) is 0. The molecule has 22 heavy (non-hydrogen) atoms. The topological polar surface area (TPSA) is 180 Å². The third kappa shape index (κ3) is 4.18. The van der Waals surface area contributed by atoms with Crippen molar-refractivity contribution in [2.75, 3.05) is 6.61 Å². The summed E-state index contributed by atoms with van der Waals surface area (Å²) in [6, 6.07) is 1.15. The van der Waals surface area contributed by atoms with E-state index in [4.69, 9.17) is 19.6 Å². The van der Waals surface area contributed by atoms with Crippen LogP contribution < -0.4 is 16.8 Å². The molecule has 0 spiro atoms. The number of hydrogen-bond acceptors (Lipinski definition) is 9. The Morgan fingerprint density at radius 2 is 1.86 bits per heavy atom. The normalized spacial score (nSPS) is 27.6. The fourth-order valence-electron chi connectivity index (χ4n) is 1.89. The number of aromatic nitrogens is 2. The van der Waals surface area contributed by atoms with Crippen LogP contribution in [0.25, 0.3) is 0 Å². The van der Waals surface area contributed by atoms with Gasteiger partial charge in [-0.2, -0.15) is 0 Å². The molecule has 2 rings (SSSR count). The first-order valence-electron chi connectivity index (χ1n) is 6.04. The van der Waals surface area contributed by atoms with Gasteiger partial charge in [0.15, 0.2) is 6.23 Å². The van der Waals surface area contributed by atoms with Crippen LogP contribution in [0, 0.1) is 0 Å². The first kappa shape index (κ1) is 18.9. The van der Waals surface area contributed by atoms with Gasteiger partial charge in [0, 0.05) is 19.3 Å². The lowest BCUT2D eigenvalue weighted by atomic mass is 10.1. The van der Waals surface area contributed by atoms with Crippen LogP contribution in [0.4, 0.5) is 0 Å². The molecule has 1 fully saturated rings. The Hall–Kier alpha value is -1.17. The molecule has 0 radical (unpaired) electrons. The SMILES string of the molecule is Cn1c(=O)ccn([C@@H]2O[C@H](CO)[C@@H](O)[C@H]2O)c1=O.NP(O)O. The minimum atomic E-state index is -2.12. The molecule has 2 heterocycles. The Labute approximate surface area is 125 Å². The summed E-state index contributed by atoms with van der Waals surface area (Å²) in [7, 11) is -0.826. The highest BCUT2D eigenvalue weighted by molar-refractivity contribution is 7.42. The lowest BCUT2D eigenvalue weighted by molar-refractivity contribution is -0.0555. The van der Waals surface area contributed by atoms with Crippen LogP contribution in [0.1, 0.15) is 6.23 Å². The first-order chi connectivity index (χ1) is 10.2. The van der Waals surface area contributed by atoms with Gasteiger partial charge >= 0.3 is 5.69 Å². The number of ether oxygens (including phenoxy) is 1. The van der Waals surface area contributed by atoms with E-state index in [1.807, 2.05) is 0 Å². The number of nitrogens with two attached hydrogens (primary N) is 1. The predicted molar refractivity (Wildman–Crippen MR) is 74.5 cm³/mol. The summed E-state index contributed by atoms with van der Waals surface area (Å²) in [6.07, 6.45) is -3.54. The van der Waals surface area contributed by atoms with Crippen molar-refractivity contribution in [3.63, 3.8) is 0 Å². The summed E-state index contributed by atoms with van der Waals surface area (Å²) in [4.78, 5) is 38.0. The van der Waals surface area contributed by atoms with Gasteiger partial charge in [0.25, 0.3) is 5.56 Å². The molecule has 1 aliphatic rings. The average molecular weight is 339 g/mol. The van der Waals surface area contributed by atoms with Crippen LogP contribution in [-0.2, 0) is 11.8 Å². The highest BCUT2D eigenvalue weighted by atomic mass is 31.2. The molecular formula is C10H18N3O8P. The third-order valence-electron chi connectivity index (χ3n) is 3.01. The lowest BCUT2D eigenvalue weighted by Crippen LogP contribution is -2.41. The molecule has 1 aromatic rings. The second-order valence-electron chi connectivity index (χ2n) is 4.45. The third-order valence-corrected chi connectivity index (χ3v) is 3.01. The summed E-state index contributed by atoms with van der Waals surface area (Å²) in [6.45, 7) is -0.477. The van der Waals surface area contributed by atoms with Crippen molar-refractivity contribution in [3.05, 3.63) is 33.1 Å². The van der Waals surface area contributed by atoms with E-state index in [0.29, 0.717) is 0 Å². The van der Waals surface area contributed by atoms with E-state index in [-0.39, 0.29) is 0 Å². The van der Waals surface area contributed by atoms with Gasteiger partial charge in [-0.3, -0.25) is 19.4 Å². The largest absolute Gasteiger partial charge is 0.394 e. The zero-order valence-corrected chi connectivity index (χ0v) is 12.4. The van der Waals surface area contributed by atoms with Crippen molar-refractivity contribution in [2.45, 2.75) is 24.5 Å². The molecule has 0 aliphatic carbocycles. The summed E-state index contributed by atoms with van der Waals surface area (Å²) in [5.41, 5.74) is 3.13. The van der Waals surface area contributed by atoms with Gasteiger partial charge in [0.2, 0.25) is 8.53 Å². The minimum Gasteiger partial charge on any atom is -0.394 e. The van der Waals surface area contributed by atoms with Crippen molar-refractivity contribution in [1.82, 2.24) is 9.13 Å². The van der Waals surface area contributed by atoms with Crippen LogP contribution in [0.5, 0.6) is 0 Å². The maximum atomic E-state index is 11.8. The quantitative estimate of drug-likeness (QED) is 0.296. The zero-order chi connectivity index (χ0) is 17.0. The van der Waals surface area contributed by atoms with Gasteiger partial charge < -0.3 is 29.8 Å². The molecule has 0 bridgehead atoms. The van der Waals surface area contributed by atoms with Crippen LogP contribution in [-0.4, -0.2) is 59.2 Å². The van der Waals surface area contributed by atoms with E-state index < -0.39 is 50.9 Å². The Balaban J connectivity index is 0.000000541. The molecule has 0 aromatic carbocycles. The average Bonchev–Trinajstić information content (AvgIpc) is 2.72. The van der Waals surface area contributed by atoms with Crippen molar-refractivity contribution >= 4 is 8.53 Å². The van der Waals surface area contributed by atoms with E-state index in [9.17, 15) is 19.8 Å². The molecule has 4 atom stereocenters. The van der Waals surface area contributed by atoms with Crippen molar-refractivity contribution in [1.29, 1.82) is 0 Å². The van der Waals surface area contributed by atoms with Crippen LogP contribution in [0.2, 0.25) is 0 Å². The monoisotopic (exact) mass is 339 g/mol. The Morgan fingerprint density at radius 3 is 2.32 bits per heavy atom.